The molecule has 51 heavy (non-hydrogen) atoms. The van der Waals surface area contributed by atoms with Crippen LogP contribution >= 0.6 is 21.6 Å². The Bertz CT molecular complexity index is 1090. The highest BCUT2D eigenvalue weighted by Crippen LogP contribution is 2.24. The van der Waals surface area contributed by atoms with E-state index in [9.17, 15) is 19.2 Å². The van der Waals surface area contributed by atoms with Crippen molar-refractivity contribution in [1.82, 2.24) is 20.9 Å². The minimum absolute atomic E-state index is 0.0288. The quantitative estimate of drug-likeness (QED) is 0.0351. The number of amides is 4. The molecule has 0 bridgehead atoms. The molecule has 0 aliphatic heterocycles. The normalized spacial score (nSPS) is 12.8. The lowest BCUT2D eigenvalue weighted by Gasteiger charge is -2.16. The molecule has 1 unspecified atom stereocenters. The number of hydrogen-bond donors (Lipinski definition) is 3. The van der Waals surface area contributed by atoms with Gasteiger partial charge in [0.1, 0.15) is 0 Å². The van der Waals surface area contributed by atoms with Crippen LogP contribution in [0.25, 0.3) is 0 Å². The molecule has 0 aromatic heterocycles. The van der Waals surface area contributed by atoms with Crippen molar-refractivity contribution >= 4 is 45.2 Å². The third-order valence-electron chi connectivity index (χ3n) is 7.82. The van der Waals surface area contributed by atoms with Gasteiger partial charge in [-0.2, -0.15) is 0 Å². The highest BCUT2D eigenvalue weighted by atomic mass is 33.1. The summed E-state index contributed by atoms with van der Waals surface area (Å²) in [6.45, 7) is 10.4. The highest BCUT2D eigenvalue weighted by molar-refractivity contribution is 8.76. The molecule has 0 aromatic carbocycles. The second-order valence-electron chi connectivity index (χ2n) is 12.8. The first-order valence-electron chi connectivity index (χ1n) is 18.9. The van der Waals surface area contributed by atoms with Gasteiger partial charge >= 0.3 is 0 Å². The van der Waals surface area contributed by atoms with E-state index in [-0.39, 0.29) is 35.7 Å². The molecule has 8 nitrogen and oxygen atoms in total. The average Bonchev–Trinajstić information content (AvgIpc) is 3.09. The van der Waals surface area contributed by atoms with Crippen molar-refractivity contribution in [1.29, 1.82) is 0 Å². The number of carbonyl (C=O) groups excluding carboxylic acids is 4. The maximum atomic E-state index is 12.1. The summed E-state index contributed by atoms with van der Waals surface area (Å²) >= 11 is 0. The molecule has 2 atom stereocenters. The summed E-state index contributed by atoms with van der Waals surface area (Å²) in [5, 5.41) is 8.86. The Morgan fingerprint density at radius 1 is 0.627 bits per heavy atom. The first kappa shape index (κ1) is 48.0. The van der Waals surface area contributed by atoms with Gasteiger partial charge in [-0.25, -0.2) is 0 Å². The van der Waals surface area contributed by atoms with Gasteiger partial charge in [0.2, 0.25) is 23.6 Å². The number of rotatable bonds is 33. The SMILES string of the molecule is C=CC/C=C/NC(=O)CCCCCCCC/C=C/[C@H](CSSCC(/C=C/CCCCCCCCC(=O)N(C)/C=C/CC=C)NC(C)=O)NC(C)=O. The van der Waals surface area contributed by atoms with Crippen LogP contribution in [0.4, 0.5) is 0 Å². The van der Waals surface area contributed by atoms with Crippen LogP contribution in [0.15, 0.2) is 74.2 Å². The van der Waals surface area contributed by atoms with Crippen LogP contribution in [0.1, 0.15) is 129 Å². The first-order valence-corrected chi connectivity index (χ1v) is 21.4. The fourth-order valence-corrected chi connectivity index (χ4v) is 7.37. The van der Waals surface area contributed by atoms with Crippen molar-refractivity contribution in [3.05, 3.63) is 74.2 Å². The van der Waals surface area contributed by atoms with Crippen molar-refractivity contribution in [2.75, 3.05) is 18.6 Å². The van der Waals surface area contributed by atoms with Crippen molar-refractivity contribution in [2.45, 2.75) is 142 Å². The number of nitrogens with zero attached hydrogens (tertiary/aromatic N) is 1. The van der Waals surface area contributed by atoms with Crippen LogP contribution in [0.2, 0.25) is 0 Å². The summed E-state index contributed by atoms with van der Waals surface area (Å²) in [7, 11) is 5.22. The molecule has 0 rings (SSSR count). The molecule has 0 heterocycles. The lowest BCUT2D eigenvalue weighted by atomic mass is 10.1. The third-order valence-corrected chi connectivity index (χ3v) is 10.3. The second kappa shape index (κ2) is 35.4. The zero-order valence-corrected chi connectivity index (χ0v) is 33.5. The van der Waals surface area contributed by atoms with Gasteiger partial charge in [0, 0.05) is 57.6 Å². The number of nitrogens with one attached hydrogen (secondary N) is 3. The predicted molar refractivity (Wildman–Crippen MR) is 221 cm³/mol. The van der Waals surface area contributed by atoms with E-state index in [1.165, 1.54) is 12.8 Å². The van der Waals surface area contributed by atoms with Crippen molar-refractivity contribution in [3.63, 3.8) is 0 Å². The fourth-order valence-electron chi connectivity index (χ4n) is 5.04. The topological polar surface area (TPSA) is 108 Å². The highest BCUT2D eigenvalue weighted by Gasteiger charge is 2.10. The zero-order chi connectivity index (χ0) is 37.8. The van der Waals surface area contributed by atoms with Crippen LogP contribution in [0, 0.1) is 0 Å². The summed E-state index contributed by atoms with van der Waals surface area (Å²) < 4.78 is 0. The lowest BCUT2D eigenvalue weighted by molar-refractivity contribution is -0.127. The van der Waals surface area contributed by atoms with Gasteiger partial charge in [-0.3, -0.25) is 19.2 Å². The van der Waals surface area contributed by atoms with Crippen molar-refractivity contribution < 1.29 is 19.2 Å². The van der Waals surface area contributed by atoms with Crippen molar-refractivity contribution in [3.8, 4) is 0 Å². The minimum atomic E-state index is -0.0399. The van der Waals surface area contributed by atoms with Gasteiger partial charge < -0.3 is 20.9 Å². The largest absolute Gasteiger partial charge is 0.349 e. The van der Waals surface area contributed by atoms with E-state index in [1.807, 2.05) is 24.4 Å². The van der Waals surface area contributed by atoms with Crippen molar-refractivity contribution in [2.24, 2.45) is 0 Å². The molecule has 4 amide bonds. The first-order chi connectivity index (χ1) is 24.7. The molecule has 0 aromatic rings. The van der Waals surface area contributed by atoms with E-state index in [4.69, 9.17) is 0 Å². The minimum Gasteiger partial charge on any atom is -0.349 e. The standard InChI is InChI=1S/C41H68N4O4S2/c1-6-8-26-32-42-40(48)30-24-20-16-12-10-14-18-22-28-38(43-36(3)46)34-50-51-35-39(44-37(4)47)29-23-19-15-11-13-17-21-25-31-41(49)45(5)33-27-9-7-2/h6-7,22-23,26-29,32-33,38-39H,1-2,8-21,24-25,30-31,34-35H2,3-5H3,(H,42,48)(H,43,46)(H,44,47)/b28-22+,29-23+,32-26+,33-27+/t38-,39?/m1/s1. The molecule has 10 heteroatoms. The maximum Gasteiger partial charge on any atom is 0.226 e. The summed E-state index contributed by atoms with van der Waals surface area (Å²) in [5.74, 6) is 1.66. The molecule has 0 aliphatic carbocycles. The van der Waals surface area contributed by atoms with E-state index < -0.39 is 0 Å². The number of allylic oxidation sites excluding steroid dienone is 6. The molecule has 0 fully saturated rings. The van der Waals surface area contributed by atoms with E-state index in [0.717, 1.165) is 101 Å². The summed E-state index contributed by atoms with van der Waals surface area (Å²) in [6.07, 6.45) is 37.3. The molecular formula is C41H68N4O4S2. The Kier molecular flexibility index (Phi) is 33.4. The summed E-state index contributed by atoms with van der Waals surface area (Å²) in [5.41, 5.74) is 0. The molecule has 0 radical (unpaired) electrons. The maximum absolute atomic E-state index is 12.1. The third kappa shape index (κ3) is 33.9. The van der Waals surface area contributed by atoms with Crippen LogP contribution in [-0.4, -0.2) is 59.2 Å². The Morgan fingerprint density at radius 3 is 1.57 bits per heavy atom. The molecule has 0 saturated carbocycles. The van der Waals surface area contributed by atoms with E-state index >= 15 is 0 Å². The Hall–Kier alpha value is -2.98. The van der Waals surface area contributed by atoms with Crippen LogP contribution in [0.3, 0.4) is 0 Å². The molecular weight excluding hydrogens is 677 g/mol. The van der Waals surface area contributed by atoms with E-state index in [1.54, 1.807) is 59.7 Å². The molecule has 3 N–H and O–H groups in total. The van der Waals surface area contributed by atoms with Crippen LogP contribution in [0.5, 0.6) is 0 Å². The van der Waals surface area contributed by atoms with Crippen LogP contribution < -0.4 is 16.0 Å². The molecule has 0 aliphatic rings. The second-order valence-corrected chi connectivity index (χ2v) is 15.3. The van der Waals surface area contributed by atoms with Gasteiger partial charge in [-0.1, -0.05) is 122 Å². The number of carbonyl (C=O) groups is 4. The number of hydrogen-bond acceptors (Lipinski definition) is 6. The van der Waals surface area contributed by atoms with Gasteiger partial charge in [0.15, 0.2) is 0 Å². The summed E-state index contributed by atoms with van der Waals surface area (Å²) in [6, 6.07) is -0.0577. The predicted octanol–water partition coefficient (Wildman–Crippen LogP) is 9.49. The Morgan fingerprint density at radius 2 is 1.08 bits per heavy atom. The molecule has 288 valence electrons. The molecule has 0 saturated heterocycles. The fraction of sp³-hybridized carbons (Fsp3) is 0.610. The monoisotopic (exact) mass is 744 g/mol. The lowest BCUT2D eigenvalue weighted by Crippen LogP contribution is -2.34. The zero-order valence-electron chi connectivity index (χ0n) is 31.9. The average molecular weight is 745 g/mol. The van der Waals surface area contributed by atoms with Gasteiger partial charge in [0.05, 0.1) is 12.1 Å². The van der Waals surface area contributed by atoms with Gasteiger partial charge in [0.25, 0.3) is 0 Å². The van der Waals surface area contributed by atoms with E-state index in [0.29, 0.717) is 12.8 Å². The Balaban J connectivity index is 4.18. The summed E-state index contributed by atoms with van der Waals surface area (Å²) in [4.78, 5) is 49.1. The molecule has 0 spiro atoms. The van der Waals surface area contributed by atoms with Crippen LogP contribution in [-0.2, 0) is 19.2 Å². The van der Waals surface area contributed by atoms with Gasteiger partial charge in [-0.05, 0) is 51.4 Å². The van der Waals surface area contributed by atoms with E-state index in [2.05, 4.69) is 53.4 Å². The van der Waals surface area contributed by atoms with Gasteiger partial charge in [-0.15, -0.1) is 13.2 Å². The number of unbranched alkanes of at least 4 members (excludes halogenated alkanes) is 12. The Labute approximate surface area is 318 Å². The smallest absolute Gasteiger partial charge is 0.226 e.